The maximum absolute atomic E-state index is 12.6. The zero-order valence-electron chi connectivity index (χ0n) is 12.0. The molecule has 1 aromatic rings. The van der Waals surface area contributed by atoms with Crippen LogP contribution in [-0.4, -0.2) is 23.9 Å². The highest BCUT2D eigenvalue weighted by Crippen LogP contribution is 2.37. The van der Waals surface area contributed by atoms with E-state index < -0.39 is 10.3 Å². The van der Waals surface area contributed by atoms with Gasteiger partial charge in [0.1, 0.15) is 5.69 Å². The van der Waals surface area contributed by atoms with Gasteiger partial charge in [0.25, 0.3) is 5.69 Å². The zero-order valence-corrected chi connectivity index (χ0v) is 12.7. The van der Waals surface area contributed by atoms with Crippen molar-refractivity contribution in [1.82, 2.24) is 5.32 Å². The first kappa shape index (κ1) is 15.7. The molecule has 0 saturated carbocycles. The zero-order chi connectivity index (χ0) is 15.6. The maximum atomic E-state index is 12.6. The molecule has 1 aliphatic heterocycles. The van der Waals surface area contributed by atoms with Gasteiger partial charge in [0, 0.05) is 17.6 Å². The van der Waals surface area contributed by atoms with Crippen LogP contribution in [0.3, 0.4) is 0 Å². The first-order chi connectivity index (χ1) is 9.86. The molecule has 21 heavy (non-hydrogen) atoms. The van der Waals surface area contributed by atoms with Gasteiger partial charge in [-0.05, 0) is 31.0 Å². The lowest BCUT2D eigenvalue weighted by molar-refractivity contribution is -0.383. The Bertz CT molecular complexity index is 569. The summed E-state index contributed by atoms with van der Waals surface area (Å²) in [6.45, 7) is 5.31. The third kappa shape index (κ3) is 3.01. The van der Waals surface area contributed by atoms with Crippen LogP contribution in [0.4, 0.5) is 11.4 Å². The second-order valence-corrected chi connectivity index (χ2v) is 6.05. The third-order valence-corrected chi connectivity index (χ3v) is 4.38. The predicted molar refractivity (Wildman–Crippen MR) is 81.5 cm³/mol. The van der Waals surface area contributed by atoms with Crippen molar-refractivity contribution in [3.05, 3.63) is 33.3 Å². The summed E-state index contributed by atoms with van der Waals surface area (Å²) in [7, 11) is 0. The van der Waals surface area contributed by atoms with E-state index in [2.05, 4.69) is 10.6 Å². The molecule has 1 atom stereocenters. The normalized spacial score (nSPS) is 21.5. The fourth-order valence-corrected chi connectivity index (χ4v) is 2.85. The monoisotopic (exact) mass is 311 g/mol. The van der Waals surface area contributed by atoms with Gasteiger partial charge in [-0.15, -0.1) is 0 Å². The van der Waals surface area contributed by atoms with Gasteiger partial charge in [0.15, 0.2) is 0 Å². The molecule has 0 aliphatic carbocycles. The van der Waals surface area contributed by atoms with Crippen molar-refractivity contribution >= 4 is 28.9 Å². The van der Waals surface area contributed by atoms with E-state index in [0.717, 1.165) is 6.54 Å². The number of nitrogens with zero attached hydrogens (tertiary/aromatic N) is 1. The predicted octanol–water partition coefficient (Wildman–Crippen LogP) is 2.82. The molecule has 0 spiro atoms. The molecule has 2 rings (SSSR count). The minimum absolute atomic E-state index is 0.130. The Morgan fingerprint density at radius 1 is 1.52 bits per heavy atom. The van der Waals surface area contributed by atoms with Crippen LogP contribution >= 0.6 is 11.6 Å². The highest BCUT2D eigenvalue weighted by Gasteiger charge is 2.44. The standard InChI is InChI=1S/C14H18ClN3O3/c1-9(2)14(5-6-16-8-14)13(19)17-11-7-10(15)3-4-12(11)18(20)21/h3-4,7,9,16H,5-6,8H2,1-2H3,(H,17,19). The van der Waals surface area contributed by atoms with Crippen LogP contribution in [0.2, 0.25) is 5.02 Å². The second kappa shape index (κ2) is 5.99. The molecule has 2 N–H and O–H groups in total. The minimum atomic E-state index is -0.545. The Kier molecular flexibility index (Phi) is 4.49. The second-order valence-electron chi connectivity index (χ2n) is 5.61. The van der Waals surface area contributed by atoms with Crippen molar-refractivity contribution in [1.29, 1.82) is 0 Å². The molecule has 0 bridgehead atoms. The largest absolute Gasteiger partial charge is 0.320 e. The van der Waals surface area contributed by atoms with Gasteiger partial charge in [-0.2, -0.15) is 0 Å². The summed E-state index contributed by atoms with van der Waals surface area (Å²) in [5, 5.41) is 17.3. The third-order valence-electron chi connectivity index (χ3n) is 4.15. The summed E-state index contributed by atoms with van der Waals surface area (Å²) < 4.78 is 0. The fraction of sp³-hybridized carbons (Fsp3) is 0.500. The maximum Gasteiger partial charge on any atom is 0.292 e. The SMILES string of the molecule is CC(C)C1(C(=O)Nc2cc(Cl)ccc2[N+](=O)[O-])CCNC1. The van der Waals surface area contributed by atoms with Crippen LogP contribution < -0.4 is 10.6 Å². The van der Waals surface area contributed by atoms with E-state index in [-0.39, 0.29) is 23.2 Å². The number of hydrogen-bond acceptors (Lipinski definition) is 4. The Hall–Kier alpha value is -1.66. The van der Waals surface area contributed by atoms with Crippen molar-refractivity contribution < 1.29 is 9.72 Å². The molecule has 0 radical (unpaired) electrons. The average Bonchev–Trinajstić information content (AvgIpc) is 2.88. The van der Waals surface area contributed by atoms with Crippen LogP contribution in [0.1, 0.15) is 20.3 Å². The van der Waals surface area contributed by atoms with Gasteiger partial charge in [0.2, 0.25) is 5.91 Å². The Balaban J connectivity index is 2.31. The lowest BCUT2D eigenvalue weighted by Crippen LogP contribution is -2.42. The molecule has 1 fully saturated rings. The van der Waals surface area contributed by atoms with Crippen LogP contribution in [0.5, 0.6) is 0 Å². The van der Waals surface area contributed by atoms with Gasteiger partial charge in [-0.25, -0.2) is 0 Å². The molecule has 1 aromatic carbocycles. The molecule has 114 valence electrons. The van der Waals surface area contributed by atoms with E-state index in [1.807, 2.05) is 13.8 Å². The van der Waals surface area contributed by atoms with Crippen molar-refractivity contribution in [3.63, 3.8) is 0 Å². The van der Waals surface area contributed by atoms with Crippen LogP contribution in [-0.2, 0) is 4.79 Å². The van der Waals surface area contributed by atoms with Crippen molar-refractivity contribution in [3.8, 4) is 0 Å². The molecule has 1 saturated heterocycles. The van der Waals surface area contributed by atoms with E-state index in [4.69, 9.17) is 11.6 Å². The Morgan fingerprint density at radius 3 is 2.76 bits per heavy atom. The first-order valence-electron chi connectivity index (χ1n) is 6.83. The summed E-state index contributed by atoms with van der Waals surface area (Å²) in [5.41, 5.74) is -0.557. The fourth-order valence-electron chi connectivity index (χ4n) is 2.67. The number of nitro groups is 1. The molecular formula is C14H18ClN3O3. The Morgan fingerprint density at radius 2 is 2.24 bits per heavy atom. The van der Waals surface area contributed by atoms with E-state index in [1.165, 1.54) is 18.2 Å². The summed E-state index contributed by atoms with van der Waals surface area (Å²) in [6.07, 6.45) is 0.713. The molecule has 1 aliphatic rings. The molecule has 0 aromatic heterocycles. The van der Waals surface area contributed by atoms with Gasteiger partial charge >= 0.3 is 0 Å². The number of anilines is 1. The van der Waals surface area contributed by atoms with Crippen molar-refractivity contribution in [2.24, 2.45) is 11.3 Å². The topological polar surface area (TPSA) is 84.3 Å². The number of amides is 1. The number of halogens is 1. The number of rotatable bonds is 4. The highest BCUT2D eigenvalue weighted by atomic mass is 35.5. The quantitative estimate of drug-likeness (QED) is 0.661. The van der Waals surface area contributed by atoms with Gasteiger partial charge in [0.05, 0.1) is 10.3 Å². The average molecular weight is 312 g/mol. The number of nitrogens with one attached hydrogen (secondary N) is 2. The van der Waals surface area contributed by atoms with Crippen molar-refractivity contribution in [2.75, 3.05) is 18.4 Å². The van der Waals surface area contributed by atoms with E-state index in [9.17, 15) is 14.9 Å². The van der Waals surface area contributed by atoms with E-state index in [1.54, 1.807) is 0 Å². The lowest BCUT2D eigenvalue weighted by atomic mass is 9.75. The number of carbonyl (C=O) groups excluding carboxylic acids is 1. The molecular weight excluding hydrogens is 294 g/mol. The van der Waals surface area contributed by atoms with Crippen LogP contribution in [0, 0.1) is 21.4 Å². The molecule has 6 nitrogen and oxygen atoms in total. The van der Waals surface area contributed by atoms with E-state index >= 15 is 0 Å². The lowest BCUT2D eigenvalue weighted by Gasteiger charge is -2.31. The summed E-state index contributed by atoms with van der Waals surface area (Å²) in [5.74, 6) is -0.0707. The first-order valence-corrected chi connectivity index (χ1v) is 7.21. The van der Waals surface area contributed by atoms with Crippen LogP contribution in [0.25, 0.3) is 0 Å². The van der Waals surface area contributed by atoms with Crippen molar-refractivity contribution in [2.45, 2.75) is 20.3 Å². The van der Waals surface area contributed by atoms with Crippen LogP contribution in [0.15, 0.2) is 18.2 Å². The molecule has 1 heterocycles. The molecule has 1 amide bonds. The Labute approximate surface area is 128 Å². The number of benzene rings is 1. The van der Waals surface area contributed by atoms with Gasteiger partial charge in [-0.3, -0.25) is 14.9 Å². The number of nitro benzene ring substituents is 1. The number of carbonyl (C=O) groups is 1. The van der Waals surface area contributed by atoms with Gasteiger partial charge in [-0.1, -0.05) is 25.4 Å². The number of hydrogen-bond donors (Lipinski definition) is 2. The van der Waals surface area contributed by atoms with Gasteiger partial charge < -0.3 is 10.6 Å². The molecule has 1 unspecified atom stereocenters. The summed E-state index contributed by atoms with van der Waals surface area (Å²) in [6, 6.07) is 4.14. The highest BCUT2D eigenvalue weighted by molar-refractivity contribution is 6.31. The van der Waals surface area contributed by atoms with E-state index in [0.29, 0.717) is 18.0 Å². The summed E-state index contributed by atoms with van der Waals surface area (Å²) in [4.78, 5) is 23.2. The smallest absolute Gasteiger partial charge is 0.292 e. The molecule has 7 heteroatoms. The minimum Gasteiger partial charge on any atom is -0.320 e. The summed E-state index contributed by atoms with van der Waals surface area (Å²) >= 11 is 5.88.